The standard InChI is InChI=1S/C14H17FN2O2/c1-9-14(10(2)19-17-9)8-18-13-6-11(3-4-16)5-12(15)7-13/h5-7H,3-4,8,16H2,1-2H3. The van der Waals surface area contributed by atoms with Gasteiger partial charge in [-0.3, -0.25) is 0 Å². The number of nitrogens with zero attached hydrogens (tertiary/aromatic N) is 1. The van der Waals surface area contributed by atoms with Crippen molar-refractivity contribution in [2.24, 2.45) is 5.73 Å². The van der Waals surface area contributed by atoms with Crippen LogP contribution >= 0.6 is 0 Å². The molecule has 102 valence electrons. The van der Waals surface area contributed by atoms with Crippen LogP contribution < -0.4 is 10.5 Å². The smallest absolute Gasteiger partial charge is 0.140 e. The van der Waals surface area contributed by atoms with Crippen LogP contribution in [-0.2, 0) is 13.0 Å². The molecule has 2 rings (SSSR count). The first kappa shape index (κ1) is 13.5. The topological polar surface area (TPSA) is 61.3 Å². The normalized spacial score (nSPS) is 10.7. The van der Waals surface area contributed by atoms with Crippen LogP contribution in [0.1, 0.15) is 22.6 Å². The van der Waals surface area contributed by atoms with Crippen molar-refractivity contribution < 1.29 is 13.7 Å². The fourth-order valence-electron chi connectivity index (χ4n) is 1.88. The summed E-state index contributed by atoms with van der Waals surface area (Å²) in [6, 6.07) is 4.63. The molecule has 0 fully saturated rings. The third-order valence-corrected chi connectivity index (χ3v) is 2.93. The van der Waals surface area contributed by atoms with Gasteiger partial charge in [0.15, 0.2) is 0 Å². The fourth-order valence-corrected chi connectivity index (χ4v) is 1.88. The summed E-state index contributed by atoms with van der Waals surface area (Å²) in [7, 11) is 0. The van der Waals surface area contributed by atoms with Gasteiger partial charge in [0.2, 0.25) is 0 Å². The van der Waals surface area contributed by atoms with E-state index in [4.69, 9.17) is 15.0 Å². The Morgan fingerprint density at radius 2 is 2.11 bits per heavy atom. The molecular weight excluding hydrogens is 247 g/mol. The van der Waals surface area contributed by atoms with E-state index in [-0.39, 0.29) is 5.82 Å². The average Bonchev–Trinajstić information content (AvgIpc) is 2.66. The van der Waals surface area contributed by atoms with Crippen molar-refractivity contribution in [3.63, 3.8) is 0 Å². The predicted molar refractivity (Wildman–Crippen MR) is 69.5 cm³/mol. The number of ether oxygens (including phenoxy) is 1. The van der Waals surface area contributed by atoms with Crippen molar-refractivity contribution in [2.75, 3.05) is 6.54 Å². The number of rotatable bonds is 5. The maximum Gasteiger partial charge on any atom is 0.140 e. The second-order valence-electron chi connectivity index (χ2n) is 4.43. The van der Waals surface area contributed by atoms with Crippen LogP contribution in [0, 0.1) is 19.7 Å². The van der Waals surface area contributed by atoms with Crippen molar-refractivity contribution in [2.45, 2.75) is 26.9 Å². The summed E-state index contributed by atoms with van der Waals surface area (Å²) in [4.78, 5) is 0. The molecule has 4 nitrogen and oxygen atoms in total. The molecule has 19 heavy (non-hydrogen) atoms. The summed E-state index contributed by atoms with van der Waals surface area (Å²) < 4.78 is 24.1. The molecule has 0 aliphatic carbocycles. The zero-order valence-electron chi connectivity index (χ0n) is 11.1. The van der Waals surface area contributed by atoms with Crippen molar-refractivity contribution >= 4 is 0 Å². The largest absolute Gasteiger partial charge is 0.489 e. The van der Waals surface area contributed by atoms with Crippen molar-refractivity contribution in [1.82, 2.24) is 5.16 Å². The molecule has 1 aromatic carbocycles. The highest BCUT2D eigenvalue weighted by atomic mass is 19.1. The van der Waals surface area contributed by atoms with E-state index in [9.17, 15) is 4.39 Å². The summed E-state index contributed by atoms with van der Waals surface area (Å²) in [5.74, 6) is 0.888. The van der Waals surface area contributed by atoms with Gasteiger partial charge in [0, 0.05) is 6.07 Å². The van der Waals surface area contributed by atoms with Gasteiger partial charge in [0.05, 0.1) is 11.3 Å². The highest BCUT2D eigenvalue weighted by Crippen LogP contribution is 2.20. The lowest BCUT2D eigenvalue weighted by molar-refractivity contribution is 0.300. The zero-order valence-corrected chi connectivity index (χ0v) is 11.1. The first-order valence-corrected chi connectivity index (χ1v) is 6.14. The molecule has 0 saturated carbocycles. The molecule has 0 atom stereocenters. The molecule has 0 spiro atoms. The molecule has 5 heteroatoms. The van der Waals surface area contributed by atoms with Gasteiger partial charge in [-0.2, -0.15) is 0 Å². The van der Waals surface area contributed by atoms with Crippen LogP contribution in [0.15, 0.2) is 22.7 Å². The lowest BCUT2D eigenvalue weighted by atomic mass is 10.1. The van der Waals surface area contributed by atoms with Gasteiger partial charge in [-0.25, -0.2) is 4.39 Å². The number of hydrogen-bond donors (Lipinski definition) is 1. The minimum Gasteiger partial charge on any atom is -0.489 e. The molecule has 0 aliphatic heterocycles. The lowest BCUT2D eigenvalue weighted by Crippen LogP contribution is -2.04. The SMILES string of the molecule is Cc1noc(C)c1COc1cc(F)cc(CCN)c1. The Bertz CT molecular complexity index is 547. The zero-order chi connectivity index (χ0) is 13.8. The first-order chi connectivity index (χ1) is 9.10. The lowest BCUT2D eigenvalue weighted by Gasteiger charge is -2.08. The third kappa shape index (κ3) is 3.32. The number of aromatic nitrogens is 1. The molecule has 0 unspecified atom stereocenters. The van der Waals surface area contributed by atoms with Crippen molar-refractivity contribution in [3.8, 4) is 5.75 Å². The number of halogens is 1. The van der Waals surface area contributed by atoms with Crippen LogP contribution in [0.3, 0.4) is 0 Å². The van der Waals surface area contributed by atoms with Gasteiger partial charge in [-0.15, -0.1) is 0 Å². The maximum atomic E-state index is 13.4. The molecule has 0 saturated heterocycles. The van der Waals surface area contributed by atoms with Crippen LogP contribution in [0.5, 0.6) is 5.75 Å². The van der Waals surface area contributed by atoms with E-state index in [1.165, 1.54) is 12.1 Å². The Hall–Kier alpha value is -1.88. The molecular formula is C14H17FN2O2. The van der Waals surface area contributed by atoms with Gasteiger partial charge >= 0.3 is 0 Å². The van der Waals surface area contributed by atoms with E-state index in [0.717, 1.165) is 22.6 Å². The third-order valence-electron chi connectivity index (χ3n) is 2.93. The van der Waals surface area contributed by atoms with Crippen LogP contribution in [-0.4, -0.2) is 11.7 Å². The molecule has 0 bridgehead atoms. The predicted octanol–water partition coefficient (Wildman–Crippen LogP) is 2.51. The Morgan fingerprint density at radius 3 is 2.74 bits per heavy atom. The van der Waals surface area contributed by atoms with E-state index in [1.54, 1.807) is 6.07 Å². The quantitative estimate of drug-likeness (QED) is 0.901. The summed E-state index contributed by atoms with van der Waals surface area (Å²) in [6.45, 7) is 4.46. The van der Waals surface area contributed by atoms with Gasteiger partial charge in [-0.1, -0.05) is 5.16 Å². The fraction of sp³-hybridized carbons (Fsp3) is 0.357. The molecule has 1 aromatic heterocycles. The molecule has 2 aromatic rings. The van der Waals surface area contributed by atoms with Gasteiger partial charge in [0.1, 0.15) is 23.9 Å². The molecule has 0 aliphatic rings. The minimum absolute atomic E-state index is 0.312. The highest BCUT2D eigenvalue weighted by Gasteiger charge is 2.10. The van der Waals surface area contributed by atoms with Crippen LogP contribution in [0.2, 0.25) is 0 Å². The monoisotopic (exact) mass is 264 g/mol. The van der Waals surface area contributed by atoms with Gasteiger partial charge < -0.3 is 15.0 Å². The molecule has 1 heterocycles. The summed E-state index contributed by atoms with van der Waals surface area (Å²) in [5.41, 5.74) is 7.98. The Balaban J connectivity index is 2.11. The van der Waals surface area contributed by atoms with E-state index in [1.807, 2.05) is 13.8 Å². The summed E-state index contributed by atoms with van der Waals surface area (Å²) >= 11 is 0. The number of nitrogens with two attached hydrogens (primary N) is 1. The molecule has 0 radical (unpaired) electrons. The highest BCUT2D eigenvalue weighted by molar-refractivity contribution is 5.30. The molecule has 0 amide bonds. The van der Waals surface area contributed by atoms with Gasteiger partial charge in [-0.05, 0) is 44.5 Å². The Labute approximate surface area is 111 Å². The van der Waals surface area contributed by atoms with E-state index >= 15 is 0 Å². The Kier molecular flexibility index (Phi) is 4.16. The Morgan fingerprint density at radius 1 is 1.32 bits per heavy atom. The number of hydrogen-bond acceptors (Lipinski definition) is 4. The number of benzene rings is 1. The second kappa shape index (κ2) is 5.84. The molecule has 2 N–H and O–H groups in total. The summed E-state index contributed by atoms with van der Waals surface area (Å²) in [5, 5.41) is 3.85. The van der Waals surface area contributed by atoms with E-state index in [0.29, 0.717) is 25.3 Å². The van der Waals surface area contributed by atoms with Crippen molar-refractivity contribution in [1.29, 1.82) is 0 Å². The van der Waals surface area contributed by atoms with Gasteiger partial charge in [0.25, 0.3) is 0 Å². The van der Waals surface area contributed by atoms with E-state index in [2.05, 4.69) is 5.16 Å². The first-order valence-electron chi connectivity index (χ1n) is 6.14. The second-order valence-corrected chi connectivity index (χ2v) is 4.43. The van der Waals surface area contributed by atoms with E-state index < -0.39 is 0 Å². The van der Waals surface area contributed by atoms with Crippen molar-refractivity contribution in [3.05, 3.63) is 46.6 Å². The van der Waals surface area contributed by atoms with Crippen LogP contribution in [0.4, 0.5) is 4.39 Å². The van der Waals surface area contributed by atoms with Crippen LogP contribution in [0.25, 0.3) is 0 Å². The average molecular weight is 264 g/mol. The number of aryl methyl sites for hydroxylation is 2. The minimum atomic E-state index is -0.320. The summed E-state index contributed by atoms with van der Waals surface area (Å²) in [6.07, 6.45) is 0.624. The maximum absolute atomic E-state index is 13.4.